The second-order valence-electron chi connectivity index (χ2n) is 4.86. The maximum Gasteiger partial charge on any atom is 0.239 e. The topological polar surface area (TPSA) is 49.4 Å². The lowest BCUT2D eigenvalue weighted by Crippen LogP contribution is -2.36. The number of hydrogen-bond acceptors (Lipinski definition) is 3. The lowest BCUT2D eigenvalue weighted by Gasteiger charge is -2.19. The Labute approximate surface area is 107 Å². The Hall–Kier alpha value is -1.84. The van der Waals surface area contributed by atoms with E-state index in [-0.39, 0.29) is 5.91 Å². The number of carbonyl (C=O) groups is 2. The molecule has 1 amide bonds. The second kappa shape index (κ2) is 5.21. The normalized spacial score (nSPS) is 14.1. The van der Waals surface area contributed by atoms with Crippen LogP contribution >= 0.6 is 0 Å². The number of hydrogen-bond donors (Lipinski definition) is 1. The van der Waals surface area contributed by atoms with Crippen LogP contribution in [0.1, 0.15) is 28.8 Å². The van der Waals surface area contributed by atoms with Gasteiger partial charge in [0.05, 0.1) is 6.54 Å². The number of likely N-dealkylation sites (N-methyl/N-ethyl adjacent to an activating group) is 1. The van der Waals surface area contributed by atoms with Crippen molar-refractivity contribution in [3.63, 3.8) is 0 Å². The summed E-state index contributed by atoms with van der Waals surface area (Å²) in [6.45, 7) is 2.24. The largest absolute Gasteiger partial charge is 0.365 e. The van der Waals surface area contributed by atoms with E-state index in [4.69, 9.17) is 0 Å². The van der Waals surface area contributed by atoms with Gasteiger partial charge in [0.1, 0.15) is 6.29 Å². The molecule has 0 unspecified atom stereocenters. The second-order valence-corrected chi connectivity index (χ2v) is 4.86. The Kier molecular flexibility index (Phi) is 3.65. The molecule has 0 bridgehead atoms. The predicted octanol–water partition coefficient (Wildman–Crippen LogP) is 1.52. The van der Waals surface area contributed by atoms with Crippen molar-refractivity contribution in [2.24, 2.45) is 0 Å². The molecule has 0 heterocycles. The third-order valence-corrected chi connectivity index (χ3v) is 3.14. The van der Waals surface area contributed by atoms with Crippen molar-refractivity contribution in [2.75, 3.05) is 18.5 Å². The van der Waals surface area contributed by atoms with E-state index in [0.717, 1.165) is 30.4 Å². The first-order valence-corrected chi connectivity index (χ1v) is 6.16. The van der Waals surface area contributed by atoms with E-state index in [9.17, 15) is 9.59 Å². The van der Waals surface area contributed by atoms with Gasteiger partial charge in [-0.3, -0.25) is 9.59 Å². The van der Waals surface area contributed by atoms with Gasteiger partial charge in [0.25, 0.3) is 0 Å². The summed E-state index contributed by atoms with van der Waals surface area (Å²) in [5.41, 5.74) is 2.57. The zero-order valence-electron chi connectivity index (χ0n) is 10.8. The molecule has 18 heavy (non-hydrogen) atoms. The number of aldehydes is 1. The summed E-state index contributed by atoms with van der Waals surface area (Å²) in [6, 6.07) is 5.97. The Morgan fingerprint density at radius 3 is 2.78 bits per heavy atom. The van der Waals surface area contributed by atoms with Crippen LogP contribution in [0, 0.1) is 6.92 Å². The van der Waals surface area contributed by atoms with Gasteiger partial charge in [0, 0.05) is 24.3 Å². The molecule has 0 saturated heterocycles. The van der Waals surface area contributed by atoms with E-state index >= 15 is 0 Å². The SMILES string of the molecule is Cc1cc(N(C)CC(=O)NC2CC2)ccc1C=O. The van der Waals surface area contributed by atoms with Gasteiger partial charge in [-0.25, -0.2) is 0 Å². The highest BCUT2D eigenvalue weighted by Crippen LogP contribution is 2.19. The van der Waals surface area contributed by atoms with Crippen LogP contribution in [0.25, 0.3) is 0 Å². The van der Waals surface area contributed by atoms with Gasteiger partial charge in [-0.2, -0.15) is 0 Å². The molecule has 0 radical (unpaired) electrons. The number of aryl methyl sites for hydroxylation is 1. The van der Waals surface area contributed by atoms with Gasteiger partial charge in [-0.15, -0.1) is 0 Å². The molecule has 1 aromatic carbocycles. The molecule has 1 aromatic rings. The smallest absolute Gasteiger partial charge is 0.239 e. The molecule has 1 fully saturated rings. The van der Waals surface area contributed by atoms with Crippen molar-refractivity contribution < 1.29 is 9.59 Å². The Bertz CT molecular complexity index is 467. The highest BCUT2D eigenvalue weighted by molar-refractivity contribution is 5.82. The minimum Gasteiger partial charge on any atom is -0.365 e. The molecular formula is C14H18N2O2. The first-order chi connectivity index (χ1) is 8.60. The summed E-state index contributed by atoms with van der Waals surface area (Å²) in [6.07, 6.45) is 3.05. The zero-order chi connectivity index (χ0) is 13.1. The highest BCUT2D eigenvalue weighted by Gasteiger charge is 2.23. The number of benzene rings is 1. The Morgan fingerprint density at radius 2 is 2.22 bits per heavy atom. The van der Waals surface area contributed by atoms with Crippen molar-refractivity contribution in [3.05, 3.63) is 29.3 Å². The van der Waals surface area contributed by atoms with Gasteiger partial charge < -0.3 is 10.2 Å². The van der Waals surface area contributed by atoms with Crippen LogP contribution in [0.5, 0.6) is 0 Å². The summed E-state index contributed by atoms with van der Waals surface area (Å²) < 4.78 is 0. The van der Waals surface area contributed by atoms with Crippen LogP contribution in [0.4, 0.5) is 5.69 Å². The van der Waals surface area contributed by atoms with E-state index < -0.39 is 0 Å². The van der Waals surface area contributed by atoms with Gasteiger partial charge >= 0.3 is 0 Å². The van der Waals surface area contributed by atoms with Crippen LogP contribution in [-0.2, 0) is 4.79 Å². The van der Waals surface area contributed by atoms with Crippen molar-refractivity contribution in [1.82, 2.24) is 5.32 Å². The first kappa shape index (κ1) is 12.6. The molecule has 1 saturated carbocycles. The van der Waals surface area contributed by atoms with Crippen LogP contribution in [0.2, 0.25) is 0 Å². The monoisotopic (exact) mass is 246 g/mol. The number of rotatable bonds is 5. The predicted molar refractivity (Wildman–Crippen MR) is 71.0 cm³/mol. The molecule has 1 aliphatic carbocycles. The standard InChI is InChI=1S/C14H18N2O2/c1-10-7-13(6-3-11(10)9-17)16(2)8-14(18)15-12-4-5-12/h3,6-7,9,12H,4-5,8H2,1-2H3,(H,15,18). The van der Waals surface area contributed by atoms with Crippen molar-refractivity contribution in [2.45, 2.75) is 25.8 Å². The average Bonchev–Trinajstić information content (AvgIpc) is 3.12. The number of nitrogens with one attached hydrogen (secondary N) is 1. The molecular weight excluding hydrogens is 228 g/mol. The molecule has 4 nitrogen and oxygen atoms in total. The van der Waals surface area contributed by atoms with E-state index in [2.05, 4.69) is 5.32 Å². The van der Waals surface area contributed by atoms with E-state index in [0.29, 0.717) is 18.2 Å². The van der Waals surface area contributed by atoms with E-state index in [1.165, 1.54) is 0 Å². The van der Waals surface area contributed by atoms with Crippen molar-refractivity contribution in [1.29, 1.82) is 0 Å². The number of amides is 1. The lowest BCUT2D eigenvalue weighted by atomic mass is 10.1. The van der Waals surface area contributed by atoms with Gasteiger partial charge in [0.2, 0.25) is 5.91 Å². The molecule has 0 atom stereocenters. The van der Waals surface area contributed by atoms with Gasteiger partial charge in [-0.05, 0) is 43.5 Å². The Morgan fingerprint density at radius 1 is 1.50 bits per heavy atom. The fourth-order valence-electron chi connectivity index (χ4n) is 1.84. The third-order valence-electron chi connectivity index (χ3n) is 3.14. The summed E-state index contributed by atoms with van der Waals surface area (Å²) in [5, 5.41) is 2.95. The third kappa shape index (κ3) is 3.09. The molecule has 1 aliphatic rings. The van der Waals surface area contributed by atoms with E-state index in [1.807, 2.05) is 31.0 Å². The highest BCUT2D eigenvalue weighted by atomic mass is 16.2. The summed E-state index contributed by atoms with van der Waals surface area (Å²) in [5.74, 6) is 0.0529. The fraction of sp³-hybridized carbons (Fsp3) is 0.429. The van der Waals surface area contributed by atoms with Gasteiger partial charge in [-0.1, -0.05) is 0 Å². The van der Waals surface area contributed by atoms with Crippen LogP contribution in [0.15, 0.2) is 18.2 Å². The number of carbonyl (C=O) groups excluding carboxylic acids is 2. The molecule has 96 valence electrons. The van der Waals surface area contributed by atoms with Crippen molar-refractivity contribution in [3.8, 4) is 0 Å². The van der Waals surface area contributed by atoms with Crippen LogP contribution < -0.4 is 10.2 Å². The zero-order valence-corrected chi connectivity index (χ0v) is 10.8. The molecule has 0 aliphatic heterocycles. The number of nitrogens with zero attached hydrogens (tertiary/aromatic N) is 1. The van der Waals surface area contributed by atoms with Crippen molar-refractivity contribution >= 4 is 17.9 Å². The molecule has 4 heteroatoms. The molecule has 0 aromatic heterocycles. The number of anilines is 1. The van der Waals surface area contributed by atoms with Crippen LogP contribution in [0.3, 0.4) is 0 Å². The maximum absolute atomic E-state index is 11.7. The van der Waals surface area contributed by atoms with Gasteiger partial charge in [0.15, 0.2) is 0 Å². The minimum absolute atomic E-state index is 0.0529. The summed E-state index contributed by atoms with van der Waals surface area (Å²) in [7, 11) is 1.88. The fourth-order valence-corrected chi connectivity index (χ4v) is 1.84. The molecule has 1 N–H and O–H groups in total. The summed E-state index contributed by atoms with van der Waals surface area (Å²) >= 11 is 0. The Balaban J connectivity index is 1.98. The molecule has 0 spiro atoms. The van der Waals surface area contributed by atoms with Crippen LogP contribution in [-0.4, -0.2) is 31.8 Å². The first-order valence-electron chi connectivity index (χ1n) is 6.16. The lowest BCUT2D eigenvalue weighted by molar-refractivity contribution is -0.119. The average molecular weight is 246 g/mol. The quantitative estimate of drug-likeness (QED) is 0.801. The molecule has 2 rings (SSSR count). The minimum atomic E-state index is 0.0529. The van der Waals surface area contributed by atoms with E-state index in [1.54, 1.807) is 6.07 Å². The maximum atomic E-state index is 11.7. The summed E-state index contributed by atoms with van der Waals surface area (Å²) in [4.78, 5) is 24.3.